The van der Waals surface area contributed by atoms with E-state index in [0.717, 1.165) is 6.42 Å². The molecule has 0 aliphatic heterocycles. The molecule has 0 radical (unpaired) electrons. The molecule has 1 heterocycles. The summed E-state index contributed by atoms with van der Waals surface area (Å²) in [5, 5.41) is 13.3. The molecule has 0 unspecified atom stereocenters. The lowest BCUT2D eigenvalue weighted by Gasteiger charge is -2.10. The summed E-state index contributed by atoms with van der Waals surface area (Å²) in [5.74, 6) is 0.0685. The standard InChI is InChI=1S/C16H19NO4/c1-4-6-13-14(16(18)19)15(17-21-13)11-7-5-8-12(9-11)20-10(2)3/h5,7-10H,4,6H2,1-3H3,(H,18,19). The second-order valence-corrected chi connectivity index (χ2v) is 5.08. The first-order chi connectivity index (χ1) is 10.0. The Morgan fingerprint density at radius 1 is 1.43 bits per heavy atom. The van der Waals surface area contributed by atoms with Crippen LogP contribution in [-0.4, -0.2) is 22.3 Å². The van der Waals surface area contributed by atoms with Gasteiger partial charge in [0.15, 0.2) is 5.76 Å². The minimum Gasteiger partial charge on any atom is -0.491 e. The van der Waals surface area contributed by atoms with E-state index in [2.05, 4.69) is 5.16 Å². The van der Waals surface area contributed by atoms with Gasteiger partial charge in [-0.3, -0.25) is 0 Å². The van der Waals surface area contributed by atoms with Crippen molar-refractivity contribution < 1.29 is 19.2 Å². The third-order valence-electron chi connectivity index (χ3n) is 2.93. The Labute approximate surface area is 123 Å². The van der Waals surface area contributed by atoms with Gasteiger partial charge in [0.25, 0.3) is 0 Å². The molecule has 0 spiro atoms. The van der Waals surface area contributed by atoms with Gasteiger partial charge < -0.3 is 14.4 Å². The van der Waals surface area contributed by atoms with Crippen molar-refractivity contribution in [3.8, 4) is 17.0 Å². The Morgan fingerprint density at radius 3 is 2.81 bits per heavy atom. The monoisotopic (exact) mass is 289 g/mol. The molecule has 5 nitrogen and oxygen atoms in total. The van der Waals surface area contributed by atoms with Crippen LogP contribution in [0.5, 0.6) is 5.75 Å². The fourth-order valence-electron chi connectivity index (χ4n) is 2.13. The fourth-order valence-corrected chi connectivity index (χ4v) is 2.13. The topological polar surface area (TPSA) is 72.6 Å². The average Bonchev–Trinajstić information content (AvgIpc) is 2.82. The SMILES string of the molecule is CCCc1onc(-c2cccc(OC(C)C)c2)c1C(=O)O. The molecule has 0 saturated heterocycles. The summed E-state index contributed by atoms with van der Waals surface area (Å²) in [6.07, 6.45) is 1.40. The van der Waals surface area contributed by atoms with Crippen molar-refractivity contribution in [2.75, 3.05) is 0 Å². The van der Waals surface area contributed by atoms with Crippen LogP contribution in [0.3, 0.4) is 0 Å². The number of hydrogen-bond acceptors (Lipinski definition) is 4. The van der Waals surface area contributed by atoms with Gasteiger partial charge in [0.2, 0.25) is 0 Å². The molecule has 0 amide bonds. The molecule has 1 aromatic heterocycles. The Morgan fingerprint density at radius 2 is 2.19 bits per heavy atom. The van der Waals surface area contributed by atoms with Gasteiger partial charge >= 0.3 is 5.97 Å². The van der Waals surface area contributed by atoms with Crippen molar-refractivity contribution >= 4 is 5.97 Å². The van der Waals surface area contributed by atoms with Crippen molar-refractivity contribution in [1.82, 2.24) is 5.16 Å². The van der Waals surface area contributed by atoms with E-state index in [1.807, 2.05) is 32.9 Å². The smallest absolute Gasteiger partial charge is 0.341 e. The van der Waals surface area contributed by atoms with E-state index in [9.17, 15) is 9.90 Å². The zero-order valence-corrected chi connectivity index (χ0v) is 12.4. The van der Waals surface area contributed by atoms with Crippen LogP contribution in [0.2, 0.25) is 0 Å². The fraction of sp³-hybridized carbons (Fsp3) is 0.375. The van der Waals surface area contributed by atoms with E-state index in [0.29, 0.717) is 29.2 Å². The van der Waals surface area contributed by atoms with Crippen molar-refractivity contribution in [3.63, 3.8) is 0 Å². The van der Waals surface area contributed by atoms with Crippen LogP contribution in [0.4, 0.5) is 0 Å². The van der Waals surface area contributed by atoms with Gasteiger partial charge in [0.05, 0.1) is 6.10 Å². The summed E-state index contributed by atoms with van der Waals surface area (Å²) < 4.78 is 10.8. The maximum Gasteiger partial charge on any atom is 0.341 e. The molecular weight excluding hydrogens is 270 g/mol. The predicted molar refractivity (Wildman–Crippen MR) is 78.7 cm³/mol. The van der Waals surface area contributed by atoms with Gasteiger partial charge in [0.1, 0.15) is 17.0 Å². The number of benzene rings is 1. The Balaban J connectivity index is 2.44. The first kappa shape index (κ1) is 15.1. The van der Waals surface area contributed by atoms with Crippen LogP contribution in [0.15, 0.2) is 28.8 Å². The second-order valence-electron chi connectivity index (χ2n) is 5.08. The van der Waals surface area contributed by atoms with Crippen LogP contribution in [0.25, 0.3) is 11.3 Å². The number of ether oxygens (including phenoxy) is 1. The van der Waals surface area contributed by atoms with Crippen molar-refractivity contribution in [1.29, 1.82) is 0 Å². The number of carboxylic acids is 1. The van der Waals surface area contributed by atoms with Gasteiger partial charge in [-0.2, -0.15) is 0 Å². The lowest BCUT2D eigenvalue weighted by atomic mass is 10.0. The molecule has 21 heavy (non-hydrogen) atoms. The molecule has 0 aliphatic carbocycles. The third-order valence-corrected chi connectivity index (χ3v) is 2.93. The van der Waals surface area contributed by atoms with E-state index < -0.39 is 5.97 Å². The quantitative estimate of drug-likeness (QED) is 0.876. The van der Waals surface area contributed by atoms with E-state index in [1.54, 1.807) is 12.1 Å². The Hall–Kier alpha value is -2.30. The van der Waals surface area contributed by atoms with Gasteiger partial charge in [-0.15, -0.1) is 0 Å². The van der Waals surface area contributed by atoms with E-state index in [-0.39, 0.29) is 11.7 Å². The second kappa shape index (κ2) is 6.43. The molecular formula is C16H19NO4. The van der Waals surface area contributed by atoms with Gasteiger partial charge in [-0.1, -0.05) is 24.2 Å². The Bertz CT molecular complexity index is 631. The lowest BCUT2D eigenvalue weighted by Crippen LogP contribution is -2.05. The molecule has 2 aromatic rings. The van der Waals surface area contributed by atoms with Crippen LogP contribution in [0.1, 0.15) is 43.3 Å². The van der Waals surface area contributed by atoms with Crippen LogP contribution in [-0.2, 0) is 6.42 Å². The molecule has 1 aromatic carbocycles. The largest absolute Gasteiger partial charge is 0.491 e. The summed E-state index contributed by atoms with van der Waals surface area (Å²) in [5.41, 5.74) is 1.16. The molecule has 0 atom stereocenters. The minimum atomic E-state index is -1.02. The van der Waals surface area contributed by atoms with E-state index in [4.69, 9.17) is 9.26 Å². The zero-order valence-electron chi connectivity index (χ0n) is 12.4. The number of carbonyl (C=O) groups is 1. The molecule has 112 valence electrons. The molecule has 0 bridgehead atoms. The summed E-state index contributed by atoms with van der Waals surface area (Å²) in [6.45, 7) is 5.83. The van der Waals surface area contributed by atoms with E-state index in [1.165, 1.54) is 0 Å². The maximum absolute atomic E-state index is 11.5. The highest BCUT2D eigenvalue weighted by Gasteiger charge is 2.23. The maximum atomic E-state index is 11.5. The number of carboxylic acid groups (broad SMARTS) is 1. The first-order valence-corrected chi connectivity index (χ1v) is 7.01. The third kappa shape index (κ3) is 3.42. The Kier molecular flexibility index (Phi) is 4.62. The van der Waals surface area contributed by atoms with Crippen LogP contribution >= 0.6 is 0 Å². The predicted octanol–water partition coefficient (Wildman–Crippen LogP) is 3.78. The lowest BCUT2D eigenvalue weighted by molar-refractivity contribution is 0.0695. The number of nitrogens with zero attached hydrogens (tertiary/aromatic N) is 1. The highest BCUT2D eigenvalue weighted by atomic mass is 16.5. The van der Waals surface area contributed by atoms with Gasteiger partial charge in [-0.25, -0.2) is 4.79 Å². The van der Waals surface area contributed by atoms with Crippen LogP contribution < -0.4 is 4.74 Å². The van der Waals surface area contributed by atoms with Crippen molar-refractivity contribution in [3.05, 3.63) is 35.6 Å². The summed E-state index contributed by atoms with van der Waals surface area (Å²) in [4.78, 5) is 11.5. The molecule has 1 N–H and O–H groups in total. The summed E-state index contributed by atoms with van der Waals surface area (Å²) >= 11 is 0. The van der Waals surface area contributed by atoms with E-state index >= 15 is 0 Å². The van der Waals surface area contributed by atoms with Gasteiger partial charge in [-0.05, 0) is 32.4 Å². The number of aromatic nitrogens is 1. The first-order valence-electron chi connectivity index (χ1n) is 7.01. The summed E-state index contributed by atoms with van der Waals surface area (Å²) in [7, 11) is 0. The summed E-state index contributed by atoms with van der Waals surface area (Å²) in [6, 6.07) is 7.22. The molecule has 0 aliphatic rings. The number of rotatable bonds is 6. The molecule has 0 saturated carbocycles. The number of aromatic carboxylic acids is 1. The van der Waals surface area contributed by atoms with Crippen molar-refractivity contribution in [2.24, 2.45) is 0 Å². The number of aryl methyl sites for hydroxylation is 1. The average molecular weight is 289 g/mol. The molecule has 0 fully saturated rings. The zero-order chi connectivity index (χ0) is 15.4. The highest BCUT2D eigenvalue weighted by molar-refractivity contribution is 5.95. The van der Waals surface area contributed by atoms with Gasteiger partial charge in [0, 0.05) is 12.0 Å². The molecule has 2 rings (SSSR count). The molecule has 5 heteroatoms. The minimum absolute atomic E-state index is 0.0483. The highest BCUT2D eigenvalue weighted by Crippen LogP contribution is 2.29. The van der Waals surface area contributed by atoms with Crippen molar-refractivity contribution in [2.45, 2.75) is 39.7 Å². The van der Waals surface area contributed by atoms with Crippen LogP contribution in [0, 0.1) is 0 Å². The number of hydrogen-bond donors (Lipinski definition) is 1. The normalized spacial score (nSPS) is 10.9.